The van der Waals surface area contributed by atoms with E-state index in [0.717, 1.165) is 0 Å². The predicted molar refractivity (Wildman–Crippen MR) is 75.2 cm³/mol. The van der Waals surface area contributed by atoms with Crippen LogP contribution in [0.1, 0.15) is 24.2 Å². The number of hydrogen-bond acceptors (Lipinski definition) is 6. The van der Waals surface area contributed by atoms with Gasteiger partial charge in [0.25, 0.3) is 5.91 Å². The lowest BCUT2D eigenvalue weighted by Gasteiger charge is -2.13. The number of aromatic nitrogens is 1. The number of pyridine rings is 1. The van der Waals surface area contributed by atoms with Crippen molar-refractivity contribution in [2.75, 3.05) is 26.9 Å². The van der Waals surface area contributed by atoms with Gasteiger partial charge >= 0.3 is 5.97 Å². The van der Waals surface area contributed by atoms with Gasteiger partial charge in [-0.25, -0.2) is 9.78 Å². The lowest BCUT2D eigenvalue weighted by molar-refractivity contribution is -0.125. The van der Waals surface area contributed by atoms with Crippen LogP contribution in [-0.4, -0.2) is 49.8 Å². The number of carbonyl (C=O) groups excluding carboxylic acids is 2. The lowest BCUT2D eigenvalue weighted by Crippen LogP contribution is -2.38. The van der Waals surface area contributed by atoms with Gasteiger partial charge in [0, 0.05) is 19.3 Å². The summed E-state index contributed by atoms with van der Waals surface area (Å²) in [6.45, 7) is 3.97. The molecule has 7 heteroatoms. The maximum absolute atomic E-state index is 11.9. The number of amides is 1. The Labute approximate surface area is 123 Å². The largest absolute Gasteiger partial charge is 0.477 e. The van der Waals surface area contributed by atoms with Crippen molar-refractivity contribution in [2.45, 2.75) is 19.9 Å². The molecular weight excluding hydrogens is 276 g/mol. The van der Waals surface area contributed by atoms with E-state index < -0.39 is 11.9 Å². The van der Waals surface area contributed by atoms with Crippen LogP contribution in [-0.2, 0) is 14.3 Å². The Morgan fingerprint density at radius 3 is 2.86 bits per heavy atom. The maximum Gasteiger partial charge on any atom is 0.344 e. The molecule has 0 saturated carbocycles. The number of nitrogens with zero attached hydrogens (tertiary/aromatic N) is 1. The molecule has 1 heterocycles. The fourth-order valence-corrected chi connectivity index (χ4v) is 1.61. The molecule has 1 atom stereocenters. The molecule has 0 saturated heterocycles. The minimum absolute atomic E-state index is 0.154. The Kier molecular flexibility index (Phi) is 7.17. The first kappa shape index (κ1) is 16.9. The first-order valence-corrected chi connectivity index (χ1v) is 6.61. The third-order valence-corrected chi connectivity index (χ3v) is 2.43. The number of ether oxygens (including phenoxy) is 3. The van der Waals surface area contributed by atoms with Crippen LogP contribution in [0.3, 0.4) is 0 Å². The molecule has 1 unspecified atom stereocenters. The molecule has 0 aliphatic rings. The molecule has 1 aromatic heterocycles. The number of rotatable bonds is 8. The van der Waals surface area contributed by atoms with Gasteiger partial charge in [-0.15, -0.1) is 0 Å². The summed E-state index contributed by atoms with van der Waals surface area (Å²) < 4.78 is 15.1. The summed E-state index contributed by atoms with van der Waals surface area (Å²) >= 11 is 0. The van der Waals surface area contributed by atoms with Crippen molar-refractivity contribution in [3.63, 3.8) is 0 Å². The fourth-order valence-electron chi connectivity index (χ4n) is 1.61. The van der Waals surface area contributed by atoms with E-state index in [1.807, 2.05) is 0 Å². The molecule has 1 rings (SSSR count). The SMILES string of the molecule is CCOc1ncccc1C(=O)OCC(=O)NC(C)COC. The summed E-state index contributed by atoms with van der Waals surface area (Å²) in [5.74, 6) is -0.853. The van der Waals surface area contributed by atoms with E-state index in [-0.39, 0.29) is 24.1 Å². The molecule has 0 aliphatic carbocycles. The van der Waals surface area contributed by atoms with Gasteiger partial charge in [0.15, 0.2) is 6.61 Å². The van der Waals surface area contributed by atoms with Crippen LogP contribution in [0.5, 0.6) is 5.88 Å². The van der Waals surface area contributed by atoms with E-state index in [0.29, 0.717) is 13.2 Å². The third kappa shape index (κ3) is 5.78. The van der Waals surface area contributed by atoms with Gasteiger partial charge in [-0.1, -0.05) is 0 Å². The van der Waals surface area contributed by atoms with Gasteiger partial charge in [0.2, 0.25) is 5.88 Å². The second kappa shape index (κ2) is 8.91. The second-order valence-corrected chi connectivity index (χ2v) is 4.29. The summed E-state index contributed by atoms with van der Waals surface area (Å²) in [6.07, 6.45) is 1.51. The average molecular weight is 296 g/mol. The van der Waals surface area contributed by atoms with E-state index in [2.05, 4.69) is 10.3 Å². The minimum Gasteiger partial charge on any atom is -0.477 e. The Hall–Kier alpha value is -2.15. The molecule has 0 fully saturated rings. The van der Waals surface area contributed by atoms with Gasteiger partial charge in [0.05, 0.1) is 13.2 Å². The van der Waals surface area contributed by atoms with Crippen LogP contribution in [0.2, 0.25) is 0 Å². The first-order valence-electron chi connectivity index (χ1n) is 6.61. The average Bonchev–Trinajstić information content (AvgIpc) is 2.46. The number of hydrogen-bond donors (Lipinski definition) is 1. The Bertz CT molecular complexity index is 478. The van der Waals surface area contributed by atoms with Gasteiger partial charge in [-0.05, 0) is 26.0 Å². The van der Waals surface area contributed by atoms with E-state index in [4.69, 9.17) is 14.2 Å². The Morgan fingerprint density at radius 1 is 1.43 bits per heavy atom. The van der Waals surface area contributed by atoms with E-state index >= 15 is 0 Å². The fraction of sp³-hybridized carbons (Fsp3) is 0.500. The van der Waals surface area contributed by atoms with Crippen molar-refractivity contribution >= 4 is 11.9 Å². The van der Waals surface area contributed by atoms with Crippen LogP contribution in [0, 0.1) is 0 Å². The minimum atomic E-state index is -0.652. The normalized spacial score (nSPS) is 11.6. The van der Waals surface area contributed by atoms with Crippen molar-refractivity contribution in [2.24, 2.45) is 0 Å². The van der Waals surface area contributed by atoms with E-state index in [1.54, 1.807) is 27.0 Å². The molecule has 116 valence electrons. The highest BCUT2D eigenvalue weighted by Crippen LogP contribution is 2.15. The van der Waals surface area contributed by atoms with Crippen LogP contribution in [0.25, 0.3) is 0 Å². The zero-order chi connectivity index (χ0) is 15.7. The monoisotopic (exact) mass is 296 g/mol. The van der Waals surface area contributed by atoms with Gasteiger partial charge in [-0.2, -0.15) is 0 Å². The number of carbonyl (C=O) groups is 2. The molecule has 7 nitrogen and oxygen atoms in total. The molecule has 0 bridgehead atoms. The van der Waals surface area contributed by atoms with Crippen LogP contribution >= 0.6 is 0 Å². The highest BCUT2D eigenvalue weighted by molar-refractivity contribution is 5.93. The Balaban J connectivity index is 2.52. The topological polar surface area (TPSA) is 86.8 Å². The smallest absolute Gasteiger partial charge is 0.344 e. The zero-order valence-electron chi connectivity index (χ0n) is 12.4. The molecule has 1 N–H and O–H groups in total. The quantitative estimate of drug-likeness (QED) is 0.714. The summed E-state index contributed by atoms with van der Waals surface area (Å²) in [5, 5.41) is 2.64. The number of nitrogens with one attached hydrogen (secondary N) is 1. The second-order valence-electron chi connectivity index (χ2n) is 4.29. The van der Waals surface area contributed by atoms with Gasteiger partial charge in [-0.3, -0.25) is 4.79 Å². The zero-order valence-corrected chi connectivity index (χ0v) is 12.4. The highest BCUT2D eigenvalue weighted by Gasteiger charge is 2.16. The molecule has 1 amide bonds. The molecular formula is C14H20N2O5. The highest BCUT2D eigenvalue weighted by atomic mass is 16.5. The molecule has 0 aliphatic heterocycles. The third-order valence-electron chi connectivity index (χ3n) is 2.43. The van der Waals surface area contributed by atoms with E-state index in [9.17, 15) is 9.59 Å². The lowest BCUT2D eigenvalue weighted by atomic mass is 10.3. The summed E-state index contributed by atoms with van der Waals surface area (Å²) in [7, 11) is 1.54. The first-order chi connectivity index (χ1) is 10.1. The molecule has 1 aromatic rings. The summed E-state index contributed by atoms with van der Waals surface area (Å²) in [5.41, 5.74) is 0.192. The summed E-state index contributed by atoms with van der Waals surface area (Å²) in [4.78, 5) is 27.4. The van der Waals surface area contributed by atoms with Crippen molar-refractivity contribution in [3.8, 4) is 5.88 Å². The van der Waals surface area contributed by atoms with E-state index in [1.165, 1.54) is 12.3 Å². The van der Waals surface area contributed by atoms with Crippen molar-refractivity contribution in [3.05, 3.63) is 23.9 Å². The Morgan fingerprint density at radius 2 is 2.19 bits per heavy atom. The van der Waals surface area contributed by atoms with Crippen molar-refractivity contribution in [1.29, 1.82) is 0 Å². The predicted octanol–water partition coefficient (Wildman–Crippen LogP) is 0.788. The molecule has 0 spiro atoms. The molecule has 0 aromatic carbocycles. The standard InChI is InChI=1S/C14H20N2O5/c1-4-20-13-11(6-5-7-15-13)14(18)21-9-12(17)16-10(2)8-19-3/h5-7,10H,4,8-9H2,1-3H3,(H,16,17). The van der Waals surface area contributed by atoms with Gasteiger partial charge in [0.1, 0.15) is 5.56 Å². The number of esters is 1. The molecule has 0 radical (unpaired) electrons. The van der Waals surface area contributed by atoms with Crippen LogP contribution < -0.4 is 10.1 Å². The van der Waals surface area contributed by atoms with Crippen molar-refractivity contribution < 1.29 is 23.8 Å². The van der Waals surface area contributed by atoms with Gasteiger partial charge < -0.3 is 19.5 Å². The number of methoxy groups -OCH3 is 1. The molecule has 21 heavy (non-hydrogen) atoms. The van der Waals surface area contributed by atoms with Crippen LogP contribution in [0.15, 0.2) is 18.3 Å². The van der Waals surface area contributed by atoms with Crippen LogP contribution in [0.4, 0.5) is 0 Å². The van der Waals surface area contributed by atoms with Crippen molar-refractivity contribution in [1.82, 2.24) is 10.3 Å². The summed E-state index contributed by atoms with van der Waals surface area (Å²) in [6, 6.07) is 2.98. The maximum atomic E-state index is 11.9.